The Morgan fingerprint density at radius 3 is 1.98 bits per heavy atom. The topological polar surface area (TPSA) is 111 Å². The number of hydrogen-bond acceptors (Lipinski definition) is 8. The number of ether oxygens (including phenoxy) is 2. The van der Waals surface area contributed by atoms with E-state index in [0.717, 1.165) is 13.0 Å². The first-order chi connectivity index (χ1) is 21.4. The number of nitrogens with zero attached hydrogens (tertiary/aromatic N) is 2. The van der Waals surface area contributed by atoms with E-state index in [9.17, 15) is 19.7 Å². The van der Waals surface area contributed by atoms with Gasteiger partial charge in [0.05, 0.1) is 29.1 Å². The molecular formula is C36H42ClN3O6. The highest BCUT2D eigenvalue weighted by molar-refractivity contribution is 6.00. The molecule has 0 fully saturated rings. The third-order valence-corrected chi connectivity index (χ3v) is 8.02. The van der Waals surface area contributed by atoms with Crippen LogP contribution in [-0.2, 0) is 19.1 Å². The third kappa shape index (κ3) is 8.62. The molecule has 0 saturated heterocycles. The number of allylic oxidation sites excluding steroid dienone is 2. The first kappa shape index (κ1) is 36.0. The smallest absolute Gasteiger partial charge is 0.337 e. The molecule has 1 heterocycles. The molecule has 0 aliphatic carbocycles. The van der Waals surface area contributed by atoms with Gasteiger partial charge in [0.2, 0.25) is 0 Å². The van der Waals surface area contributed by atoms with E-state index >= 15 is 0 Å². The van der Waals surface area contributed by atoms with Gasteiger partial charge in [-0.2, -0.15) is 0 Å². The van der Waals surface area contributed by atoms with E-state index < -0.39 is 28.4 Å². The van der Waals surface area contributed by atoms with Gasteiger partial charge in [0.1, 0.15) is 5.60 Å². The molecule has 244 valence electrons. The number of nitrogens with one attached hydrogen (secondary N) is 1. The summed E-state index contributed by atoms with van der Waals surface area (Å²) in [7, 11) is 3.26. The Bertz CT molecular complexity index is 1560. The highest BCUT2D eigenvalue weighted by Crippen LogP contribution is 2.40. The molecule has 1 N–H and O–H groups in total. The maximum absolute atomic E-state index is 14.0. The van der Waals surface area contributed by atoms with Crippen molar-refractivity contribution in [3.05, 3.63) is 134 Å². The molecule has 1 aliphatic heterocycles. The predicted molar refractivity (Wildman–Crippen MR) is 181 cm³/mol. The van der Waals surface area contributed by atoms with Crippen LogP contribution in [0.5, 0.6) is 0 Å². The van der Waals surface area contributed by atoms with Crippen LogP contribution >= 0.6 is 12.4 Å². The number of carbonyl (C=O) groups excluding carboxylic acids is 2. The molecule has 4 rings (SSSR count). The SMILES string of the molecule is COC(=O)C1=C(C)NC(C)=C(C(=O)OC(C)(C)CN(C)CCC(c2ccccc2)c2ccccc2)[C@H]1c1cccc([N+](=O)[O-])c1.Cl. The number of esters is 2. The van der Waals surface area contributed by atoms with Gasteiger partial charge in [-0.3, -0.25) is 10.1 Å². The van der Waals surface area contributed by atoms with E-state index in [1.54, 1.807) is 19.9 Å². The van der Waals surface area contributed by atoms with Gasteiger partial charge in [-0.05, 0) is 64.4 Å². The maximum Gasteiger partial charge on any atom is 0.337 e. The number of rotatable bonds is 12. The van der Waals surface area contributed by atoms with Gasteiger partial charge < -0.3 is 19.7 Å². The van der Waals surface area contributed by atoms with Crippen LogP contribution in [0.3, 0.4) is 0 Å². The number of non-ortho nitro benzene ring substituents is 1. The number of likely N-dealkylation sites (N-methyl/N-ethyl adjacent to an activating group) is 1. The van der Waals surface area contributed by atoms with Crippen LogP contribution in [0.2, 0.25) is 0 Å². The molecule has 46 heavy (non-hydrogen) atoms. The first-order valence-corrected chi connectivity index (χ1v) is 14.9. The second-order valence-corrected chi connectivity index (χ2v) is 12.0. The van der Waals surface area contributed by atoms with Crippen molar-refractivity contribution in [2.45, 2.75) is 51.6 Å². The van der Waals surface area contributed by atoms with Crippen molar-refractivity contribution < 1.29 is 24.0 Å². The zero-order chi connectivity index (χ0) is 32.7. The lowest BCUT2D eigenvalue weighted by molar-refractivity contribution is -0.384. The number of hydrogen-bond donors (Lipinski definition) is 1. The van der Waals surface area contributed by atoms with Crippen LogP contribution in [0.4, 0.5) is 5.69 Å². The second-order valence-electron chi connectivity index (χ2n) is 12.0. The minimum absolute atomic E-state index is 0. The van der Waals surface area contributed by atoms with Gasteiger partial charge in [-0.1, -0.05) is 72.8 Å². The van der Waals surface area contributed by atoms with E-state index in [1.165, 1.54) is 36.4 Å². The summed E-state index contributed by atoms with van der Waals surface area (Å²) >= 11 is 0. The molecule has 0 amide bonds. The normalized spacial score (nSPS) is 14.9. The zero-order valence-corrected chi connectivity index (χ0v) is 27.9. The summed E-state index contributed by atoms with van der Waals surface area (Å²) in [6.45, 7) is 8.34. The van der Waals surface area contributed by atoms with Gasteiger partial charge in [0, 0.05) is 36.0 Å². The molecule has 0 radical (unpaired) electrons. The van der Waals surface area contributed by atoms with Crippen molar-refractivity contribution >= 4 is 30.0 Å². The standard InChI is InChI=1S/C36H41N3O6.ClH/c1-24-31(34(40)44-6)33(28-18-13-19-29(22-28)39(42)43)32(25(2)37-24)35(41)45-36(3,4)23-38(5)21-20-30(26-14-9-7-10-15-26)27-16-11-8-12-17-27;/h7-19,22,30,33,37H,20-21,23H2,1-6H3;1H/t33-;/m0./s1. The molecule has 0 bridgehead atoms. The molecule has 1 atom stereocenters. The van der Waals surface area contributed by atoms with Gasteiger partial charge in [-0.25, -0.2) is 9.59 Å². The van der Waals surface area contributed by atoms with Crippen molar-refractivity contribution in [3.63, 3.8) is 0 Å². The van der Waals surface area contributed by atoms with Crippen LogP contribution in [0.25, 0.3) is 0 Å². The Morgan fingerprint density at radius 2 is 1.46 bits per heavy atom. The molecule has 1 aliphatic rings. The largest absolute Gasteiger partial charge is 0.466 e. The minimum atomic E-state index is -0.919. The molecule has 9 nitrogen and oxygen atoms in total. The Labute approximate surface area is 276 Å². The van der Waals surface area contributed by atoms with E-state index in [1.807, 2.05) is 33.0 Å². The number of halogens is 1. The second kappa shape index (κ2) is 15.7. The number of benzene rings is 3. The Hall–Kier alpha value is -4.47. The molecule has 3 aromatic carbocycles. The predicted octanol–water partition coefficient (Wildman–Crippen LogP) is 6.90. The van der Waals surface area contributed by atoms with Crippen LogP contribution in [0.1, 0.15) is 62.6 Å². The fourth-order valence-electron chi connectivity index (χ4n) is 6.11. The lowest BCUT2D eigenvalue weighted by atomic mass is 9.80. The summed E-state index contributed by atoms with van der Waals surface area (Å²) < 4.78 is 11.2. The Morgan fingerprint density at radius 1 is 0.913 bits per heavy atom. The molecule has 10 heteroatoms. The maximum atomic E-state index is 14.0. The number of nitro groups is 1. The van der Waals surface area contributed by atoms with Crippen molar-refractivity contribution in [2.75, 3.05) is 27.2 Å². The summed E-state index contributed by atoms with van der Waals surface area (Å²) in [5.74, 6) is -1.96. The number of methoxy groups -OCH3 is 1. The number of dihydropyridines is 1. The highest BCUT2D eigenvalue weighted by atomic mass is 35.5. The fraction of sp³-hybridized carbons (Fsp3) is 0.333. The van der Waals surface area contributed by atoms with Crippen LogP contribution in [0.15, 0.2) is 107 Å². The molecule has 0 saturated carbocycles. The minimum Gasteiger partial charge on any atom is -0.466 e. The van der Waals surface area contributed by atoms with Crippen LogP contribution in [0, 0.1) is 10.1 Å². The Balaban J connectivity index is 0.00000576. The summed E-state index contributed by atoms with van der Waals surface area (Å²) in [5, 5.41) is 14.7. The summed E-state index contributed by atoms with van der Waals surface area (Å²) in [6, 6.07) is 26.8. The van der Waals surface area contributed by atoms with Crippen LogP contribution < -0.4 is 5.32 Å². The van der Waals surface area contributed by atoms with E-state index in [2.05, 4.69) is 58.7 Å². The summed E-state index contributed by atoms with van der Waals surface area (Å²) in [4.78, 5) is 40.2. The van der Waals surface area contributed by atoms with E-state index in [0.29, 0.717) is 23.5 Å². The zero-order valence-electron chi connectivity index (χ0n) is 27.1. The molecule has 0 aromatic heterocycles. The highest BCUT2D eigenvalue weighted by Gasteiger charge is 2.40. The molecule has 0 spiro atoms. The average molecular weight is 648 g/mol. The van der Waals surface area contributed by atoms with E-state index in [4.69, 9.17) is 9.47 Å². The number of carbonyl (C=O) groups is 2. The monoisotopic (exact) mass is 647 g/mol. The van der Waals surface area contributed by atoms with Crippen molar-refractivity contribution in [3.8, 4) is 0 Å². The third-order valence-electron chi connectivity index (χ3n) is 8.02. The van der Waals surface area contributed by atoms with E-state index in [-0.39, 0.29) is 35.2 Å². The Kier molecular flexibility index (Phi) is 12.3. The summed E-state index contributed by atoms with van der Waals surface area (Å²) in [6.07, 6.45) is 0.865. The lowest BCUT2D eigenvalue weighted by Gasteiger charge is -2.34. The van der Waals surface area contributed by atoms with Crippen molar-refractivity contribution in [1.82, 2.24) is 10.2 Å². The fourth-order valence-corrected chi connectivity index (χ4v) is 6.11. The number of nitro benzene ring substituents is 1. The van der Waals surface area contributed by atoms with Crippen LogP contribution in [-0.4, -0.2) is 54.6 Å². The van der Waals surface area contributed by atoms with Gasteiger partial charge in [0.15, 0.2) is 0 Å². The van der Waals surface area contributed by atoms with Gasteiger partial charge in [-0.15, -0.1) is 12.4 Å². The molecular weight excluding hydrogens is 606 g/mol. The van der Waals surface area contributed by atoms with Crippen molar-refractivity contribution in [1.29, 1.82) is 0 Å². The lowest BCUT2D eigenvalue weighted by Crippen LogP contribution is -2.42. The molecule has 0 unspecified atom stereocenters. The first-order valence-electron chi connectivity index (χ1n) is 14.9. The van der Waals surface area contributed by atoms with Crippen molar-refractivity contribution in [2.24, 2.45) is 0 Å². The van der Waals surface area contributed by atoms with Gasteiger partial charge in [0.25, 0.3) is 5.69 Å². The van der Waals surface area contributed by atoms with Gasteiger partial charge >= 0.3 is 11.9 Å². The molecule has 3 aromatic rings. The average Bonchev–Trinajstić information content (AvgIpc) is 3.01. The summed E-state index contributed by atoms with van der Waals surface area (Å²) in [5.41, 5.74) is 3.24. The quantitative estimate of drug-likeness (QED) is 0.128.